The molecule has 0 saturated heterocycles. The maximum atomic E-state index is 11.0. The second-order valence-corrected chi connectivity index (χ2v) is 4.98. The van der Waals surface area contributed by atoms with Crippen molar-refractivity contribution in [1.82, 2.24) is 0 Å². The summed E-state index contributed by atoms with van der Waals surface area (Å²) < 4.78 is 26.6. The first-order chi connectivity index (χ1) is 5.56. The smallest absolute Gasteiger partial charge is 0.270 e. The summed E-state index contributed by atoms with van der Waals surface area (Å²) in [6.07, 6.45) is 0.429. The Bertz CT molecular complexity index is 234. The van der Waals surface area contributed by atoms with E-state index >= 15 is 0 Å². The van der Waals surface area contributed by atoms with E-state index < -0.39 is 16.2 Å². The van der Waals surface area contributed by atoms with Crippen LogP contribution in [0.4, 0.5) is 0 Å². The van der Waals surface area contributed by atoms with Crippen molar-refractivity contribution >= 4 is 21.7 Å². The topological polar surface area (TPSA) is 63.6 Å². The quantitative estimate of drug-likeness (QED) is 0.521. The van der Waals surface area contributed by atoms with Crippen LogP contribution in [0.15, 0.2) is 0 Å². The summed E-state index contributed by atoms with van der Waals surface area (Å²) in [5, 5.41) is 8.55. The molecule has 0 spiro atoms. The fourth-order valence-electron chi connectivity index (χ4n) is 0.671. The Morgan fingerprint density at radius 2 is 2.17 bits per heavy atom. The van der Waals surface area contributed by atoms with Crippen molar-refractivity contribution in [2.45, 2.75) is 24.2 Å². The van der Waals surface area contributed by atoms with E-state index in [9.17, 15) is 8.42 Å². The summed E-state index contributed by atoms with van der Waals surface area (Å²) in [6, 6.07) is 0. The number of aliphatic hydroxyl groups excluding tert-OH is 1. The van der Waals surface area contributed by atoms with Crippen LogP contribution < -0.4 is 0 Å². The fraction of sp³-hybridized carbons (Fsp3) is 1.00. The lowest BCUT2D eigenvalue weighted by atomic mass is 10.4. The fourth-order valence-corrected chi connectivity index (χ4v) is 2.01. The van der Waals surface area contributed by atoms with Crippen LogP contribution in [-0.4, -0.2) is 37.4 Å². The normalized spacial score (nSPS) is 20.8. The van der Waals surface area contributed by atoms with Crippen molar-refractivity contribution in [2.75, 3.05) is 12.5 Å². The van der Waals surface area contributed by atoms with Crippen LogP contribution in [0.5, 0.6) is 0 Å². The highest BCUT2D eigenvalue weighted by Crippen LogP contribution is 2.29. The highest BCUT2D eigenvalue weighted by Gasteiger charge is 2.36. The minimum atomic E-state index is -3.41. The molecule has 0 aromatic heterocycles. The molecule has 1 aliphatic carbocycles. The average Bonchev–Trinajstić information content (AvgIpc) is 2.82. The van der Waals surface area contributed by atoms with E-state index in [1.165, 1.54) is 0 Å². The van der Waals surface area contributed by atoms with Crippen molar-refractivity contribution in [2.24, 2.45) is 0 Å². The predicted molar refractivity (Wildman–Crippen MR) is 44.6 cm³/mol. The molecule has 0 aliphatic heterocycles. The Hall–Kier alpha value is 0.160. The minimum absolute atomic E-state index is 0.0137. The molecule has 1 atom stereocenters. The van der Waals surface area contributed by atoms with E-state index in [4.69, 9.17) is 16.7 Å². The van der Waals surface area contributed by atoms with E-state index in [1.54, 1.807) is 0 Å². The van der Waals surface area contributed by atoms with Gasteiger partial charge in [-0.25, -0.2) is 0 Å². The Balaban J connectivity index is 2.30. The molecule has 1 aliphatic rings. The van der Waals surface area contributed by atoms with E-state index in [1.807, 2.05) is 0 Å². The van der Waals surface area contributed by atoms with E-state index in [0.29, 0.717) is 12.8 Å². The van der Waals surface area contributed by atoms with E-state index in [-0.39, 0.29) is 17.7 Å². The molecule has 0 aromatic rings. The molecule has 1 rings (SSSR count). The molecular formula is C6H11ClO4S. The summed E-state index contributed by atoms with van der Waals surface area (Å²) in [7, 11) is -3.41. The lowest BCUT2D eigenvalue weighted by Crippen LogP contribution is -2.21. The van der Waals surface area contributed by atoms with Gasteiger partial charge in [0.1, 0.15) is 0 Å². The lowest BCUT2D eigenvalue weighted by Gasteiger charge is -2.07. The molecule has 1 fully saturated rings. The maximum absolute atomic E-state index is 11.0. The van der Waals surface area contributed by atoms with Gasteiger partial charge in [-0.3, -0.25) is 4.18 Å². The average molecular weight is 215 g/mol. The van der Waals surface area contributed by atoms with Crippen molar-refractivity contribution in [3.05, 3.63) is 0 Å². The molecule has 0 unspecified atom stereocenters. The molecule has 0 bridgehead atoms. The van der Waals surface area contributed by atoms with Gasteiger partial charge in [0.25, 0.3) is 10.1 Å². The van der Waals surface area contributed by atoms with Gasteiger partial charge in [-0.2, -0.15) is 8.42 Å². The third-order valence-corrected chi connectivity index (χ3v) is 3.64. The van der Waals surface area contributed by atoms with Crippen molar-refractivity contribution in [1.29, 1.82) is 0 Å². The Morgan fingerprint density at radius 3 is 2.58 bits per heavy atom. The molecule has 6 heteroatoms. The largest absolute Gasteiger partial charge is 0.389 e. The third-order valence-electron chi connectivity index (χ3n) is 1.54. The summed E-state index contributed by atoms with van der Waals surface area (Å²) in [5.41, 5.74) is 0. The van der Waals surface area contributed by atoms with E-state index in [0.717, 1.165) is 0 Å². The Labute approximate surface area is 76.6 Å². The van der Waals surface area contributed by atoms with Crippen LogP contribution in [0.2, 0.25) is 0 Å². The first-order valence-electron chi connectivity index (χ1n) is 3.68. The SMILES string of the molecule is O=S(=O)(OC[C@H](O)CCl)C1CC1. The van der Waals surface area contributed by atoms with Crippen molar-refractivity contribution in [3.63, 3.8) is 0 Å². The van der Waals surface area contributed by atoms with Crippen LogP contribution in [0, 0.1) is 0 Å². The van der Waals surface area contributed by atoms with Gasteiger partial charge in [0.05, 0.1) is 23.8 Å². The molecule has 0 heterocycles. The molecule has 0 radical (unpaired) electrons. The van der Waals surface area contributed by atoms with Crippen molar-refractivity contribution in [3.8, 4) is 0 Å². The minimum Gasteiger partial charge on any atom is -0.389 e. The summed E-state index contributed by atoms with van der Waals surface area (Å²) in [4.78, 5) is 0. The highest BCUT2D eigenvalue weighted by molar-refractivity contribution is 7.87. The van der Waals surface area contributed by atoms with Crippen LogP contribution in [0.25, 0.3) is 0 Å². The third kappa shape index (κ3) is 2.90. The maximum Gasteiger partial charge on any atom is 0.270 e. The summed E-state index contributed by atoms with van der Waals surface area (Å²) in [6.45, 7) is -0.234. The van der Waals surface area contributed by atoms with Crippen LogP contribution in [-0.2, 0) is 14.3 Å². The zero-order valence-electron chi connectivity index (χ0n) is 6.44. The van der Waals surface area contributed by atoms with Gasteiger partial charge in [0.15, 0.2) is 0 Å². The van der Waals surface area contributed by atoms with Gasteiger partial charge in [-0.1, -0.05) is 0 Å². The van der Waals surface area contributed by atoms with E-state index in [2.05, 4.69) is 4.18 Å². The van der Waals surface area contributed by atoms with Gasteiger partial charge in [-0.15, -0.1) is 11.6 Å². The second kappa shape index (κ2) is 3.91. The Morgan fingerprint density at radius 1 is 1.58 bits per heavy atom. The van der Waals surface area contributed by atoms with Gasteiger partial charge in [0, 0.05) is 0 Å². The predicted octanol–water partition coefficient (Wildman–Crippen LogP) is 0.0949. The zero-order chi connectivity index (χ0) is 9.19. The molecule has 4 nitrogen and oxygen atoms in total. The van der Waals surface area contributed by atoms with Gasteiger partial charge in [-0.05, 0) is 12.8 Å². The number of alkyl halides is 1. The van der Waals surface area contributed by atoms with Crippen LogP contribution in [0.1, 0.15) is 12.8 Å². The number of hydrogen-bond acceptors (Lipinski definition) is 4. The van der Waals surface area contributed by atoms with Crippen LogP contribution >= 0.6 is 11.6 Å². The number of aliphatic hydroxyl groups is 1. The lowest BCUT2D eigenvalue weighted by molar-refractivity contribution is 0.128. The zero-order valence-corrected chi connectivity index (χ0v) is 8.01. The first kappa shape index (κ1) is 10.2. The first-order valence-corrected chi connectivity index (χ1v) is 5.69. The monoisotopic (exact) mass is 214 g/mol. The van der Waals surface area contributed by atoms with Crippen LogP contribution in [0.3, 0.4) is 0 Å². The molecule has 72 valence electrons. The molecule has 12 heavy (non-hydrogen) atoms. The van der Waals surface area contributed by atoms with Gasteiger partial charge >= 0.3 is 0 Å². The number of hydrogen-bond donors (Lipinski definition) is 1. The standard InChI is InChI=1S/C6H11ClO4S/c7-3-5(8)4-11-12(9,10)6-1-2-6/h5-6,8H,1-4H2/t5-/m1/s1. The molecule has 0 aromatic carbocycles. The summed E-state index contributed by atoms with van der Waals surface area (Å²) >= 11 is 5.25. The number of halogens is 1. The Kier molecular flexibility index (Phi) is 3.34. The highest BCUT2D eigenvalue weighted by atomic mass is 35.5. The molecule has 1 saturated carbocycles. The second-order valence-electron chi connectivity index (χ2n) is 2.78. The number of rotatable bonds is 5. The molecule has 1 N–H and O–H groups in total. The van der Waals surface area contributed by atoms with Crippen molar-refractivity contribution < 1.29 is 17.7 Å². The van der Waals surface area contributed by atoms with Gasteiger partial charge in [0.2, 0.25) is 0 Å². The van der Waals surface area contributed by atoms with Gasteiger partial charge < -0.3 is 5.11 Å². The summed E-state index contributed by atoms with van der Waals surface area (Å²) in [5.74, 6) is -0.0137. The molecule has 0 amide bonds. The molecular weight excluding hydrogens is 204 g/mol.